The molecule has 3 rings (SSSR count). The minimum atomic E-state index is 0.814. The Labute approximate surface area is 104 Å². The number of rotatable bonds is 1. The molecule has 1 aromatic heterocycles. The molecular weight excluding hydrogens is 266 g/mol. The van der Waals surface area contributed by atoms with Crippen molar-refractivity contribution in [3.63, 3.8) is 0 Å². The quantitative estimate of drug-likeness (QED) is 0.851. The van der Waals surface area contributed by atoms with Crippen molar-refractivity contribution >= 4 is 21.7 Å². The van der Waals surface area contributed by atoms with Crippen LogP contribution in [-0.4, -0.2) is 31.2 Å². The summed E-state index contributed by atoms with van der Waals surface area (Å²) in [6.07, 6.45) is 1.90. The molecule has 1 N–H and O–H groups in total. The zero-order valence-electron chi connectivity index (χ0n) is 9.41. The SMILES string of the molecule is Cc1ccnc(N2C[C@H]3CNC[C@H]3C2)c1Br. The van der Waals surface area contributed by atoms with Crippen molar-refractivity contribution in [2.45, 2.75) is 6.92 Å². The van der Waals surface area contributed by atoms with E-state index in [0.29, 0.717) is 0 Å². The molecule has 2 saturated heterocycles. The lowest BCUT2D eigenvalue weighted by atomic mass is 10.0. The first-order valence-corrected chi connectivity index (χ1v) is 6.62. The van der Waals surface area contributed by atoms with Crippen LogP contribution in [0.5, 0.6) is 0 Å². The van der Waals surface area contributed by atoms with Crippen LogP contribution < -0.4 is 10.2 Å². The smallest absolute Gasteiger partial charge is 0.143 e. The zero-order chi connectivity index (χ0) is 11.1. The number of fused-ring (bicyclic) bond motifs is 1. The van der Waals surface area contributed by atoms with Crippen LogP contribution in [0.1, 0.15) is 5.56 Å². The van der Waals surface area contributed by atoms with E-state index in [-0.39, 0.29) is 0 Å². The standard InChI is InChI=1S/C12H16BrN3/c1-8-2-3-15-12(11(8)13)16-6-9-4-14-5-10(9)7-16/h2-3,9-10,14H,4-7H2,1H3/t9-,10+. The average Bonchev–Trinajstić information content (AvgIpc) is 2.81. The van der Waals surface area contributed by atoms with Crippen LogP contribution in [0.3, 0.4) is 0 Å². The maximum absolute atomic E-state index is 4.51. The van der Waals surface area contributed by atoms with E-state index in [4.69, 9.17) is 0 Å². The second-order valence-corrected chi connectivity index (χ2v) is 5.64. The van der Waals surface area contributed by atoms with E-state index >= 15 is 0 Å². The first-order chi connectivity index (χ1) is 7.75. The van der Waals surface area contributed by atoms with Crippen LogP contribution in [0.2, 0.25) is 0 Å². The van der Waals surface area contributed by atoms with Gasteiger partial charge in [-0.15, -0.1) is 0 Å². The van der Waals surface area contributed by atoms with Gasteiger partial charge in [0.15, 0.2) is 0 Å². The highest BCUT2D eigenvalue weighted by Gasteiger charge is 2.37. The molecular formula is C12H16BrN3. The number of nitrogens with one attached hydrogen (secondary N) is 1. The molecule has 86 valence electrons. The van der Waals surface area contributed by atoms with Gasteiger partial charge >= 0.3 is 0 Å². The fourth-order valence-corrected chi connectivity index (χ4v) is 3.26. The van der Waals surface area contributed by atoms with Crippen LogP contribution in [-0.2, 0) is 0 Å². The third-order valence-electron chi connectivity index (χ3n) is 3.75. The summed E-state index contributed by atoms with van der Waals surface area (Å²) in [5.41, 5.74) is 1.26. The number of halogens is 1. The van der Waals surface area contributed by atoms with Gasteiger partial charge in [0, 0.05) is 32.4 Å². The Kier molecular flexibility index (Phi) is 2.64. The van der Waals surface area contributed by atoms with Crippen molar-refractivity contribution in [1.82, 2.24) is 10.3 Å². The van der Waals surface area contributed by atoms with Crippen molar-refractivity contribution in [2.24, 2.45) is 11.8 Å². The number of aryl methyl sites for hydroxylation is 1. The van der Waals surface area contributed by atoms with Crippen LogP contribution in [0.15, 0.2) is 16.7 Å². The summed E-state index contributed by atoms with van der Waals surface area (Å²) in [4.78, 5) is 6.93. The number of pyridine rings is 1. The van der Waals surface area contributed by atoms with Crippen LogP contribution in [0.25, 0.3) is 0 Å². The predicted octanol–water partition coefficient (Wildman–Crippen LogP) is 1.81. The molecule has 1 aromatic rings. The van der Waals surface area contributed by atoms with Crippen molar-refractivity contribution in [1.29, 1.82) is 0 Å². The number of aromatic nitrogens is 1. The van der Waals surface area contributed by atoms with Crippen LogP contribution in [0, 0.1) is 18.8 Å². The fraction of sp³-hybridized carbons (Fsp3) is 0.583. The molecule has 0 amide bonds. The number of hydrogen-bond acceptors (Lipinski definition) is 3. The summed E-state index contributed by atoms with van der Waals surface area (Å²) in [7, 11) is 0. The van der Waals surface area contributed by atoms with Gasteiger partial charge in [0.1, 0.15) is 5.82 Å². The Morgan fingerprint density at radius 1 is 1.38 bits per heavy atom. The monoisotopic (exact) mass is 281 g/mol. The topological polar surface area (TPSA) is 28.2 Å². The lowest BCUT2D eigenvalue weighted by Crippen LogP contribution is -2.26. The molecule has 3 heterocycles. The fourth-order valence-electron chi connectivity index (χ4n) is 2.77. The van der Waals surface area contributed by atoms with E-state index in [1.54, 1.807) is 0 Å². The van der Waals surface area contributed by atoms with E-state index in [2.05, 4.69) is 38.1 Å². The van der Waals surface area contributed by atoms with E-state index in [1.165, 1.54) is 18.7 Å². The minimum absolute atomic E-state index is 0.814. The summed E-state index contributed by atoms with van der Waals surface area (Å²) in [6, 6.07) is 2.05. The van der Waals surface area contributed by atoms with Gasteiger partial charge in [0.25, 0.3) is 0 Å². The maximum atomic E-state index is 4.51. The zero-order valence-corrected chi connectivity index (χ0v) is 11.0. The third kappa shape index (κ3) is 1.64. The van der Waals surface area contributed by atoms with Gasteiger partial charge in [0.05, 0.1) is 4.47 Å². The molecule has 0 aromatic carbocycles. The van der Waals surface area contributed by atoms with Gasteiger partial charge in [-0.2, -0.15) is 0 Å². The van der Waals surface area contributed by atoms with Gasteiger partial charge in [-0.05, 0) is 46.3 Å². The second-order valence-electron chi connectivity index (χ2n) is 4.85. The molecule has 16 heavy (non-hydrogen) atoms. The summed E-state index contributed by atoms with van der Waals surface area (Å²) in [5, 5.41) is 3.46. The van der Waals surface area contributed by atoms with E-state index < -0.39 is 0 Å². The third-order valence-corrected chi connectivity index (χ3v) is 4.73. The van der Waals surface area contributed by atoms with E-state index in [9.17, 15) is 0 Å². The average molecular weight is 282 g/mol. The summed E-state index contributed by atoms with van der Waals surface area (Å²) < 4.78 is 1.16. The molecule has 0 aliphatic carbocycles. The molecule has 4 heteroatoms. The Morgan fingerprint density at radius 2 is 2.06 bits per heavy atom. The van der Waals surface area contributed by atoms with Gasteiger partial charge in [-0.1, -0.05) is 0 Å². The van der Waals surface area contributed by atoms with Crippen molar-refractivity contribution in [3.8, 4) is 0 Å². The van der Waals surface area contributed by atoms with Gasteiger partial charge in [-0.25, -0.2) is 4.98 Å². The summed E-state index contributed by atoms with van der Waals surface area (Å²) >= 11 is 3.65. The largest absolute Gasteiger partial charge is 0.355 e. The molecule has 0 saturated carbocycles. The van der Waals surface area contributed by atoms with Crippen molar-refractivity contribution in [3.05, 3.63) is 22.3 Å². The van der Waals surface area contributed by atoms with Gasteiger partial charge < -0.3 is 10.2 Å². The molecule has 2 aliphatic rings. The molecule has 2 fully saturated rings. The van der Waals surface area contributed by atoms with Crippen LogP contribution in [0.4, 0.5) is 5.82 Å². The Bertz CT molecular complexity index is 395. The first kappa shape index (κ1) is 10.5. The molecule has 0 radical (unpaired) electrons. The highest BCUT2D eigenvalue weighted by Crippen LogP contribution is 2.34. The number of anilines is 1. The maximum Gasteiger partial charge on any atom is 0.143 e. The molecule has 2 aliphatic heterocycles. The van der Waals surface area contributed by atoms with Gasteiger partial charge in [0.2, 0.25) is 0 Å². The lowest BCUT2D eigenvalue weighted by Gasteiger charge is -2.20. The summed E-state index contributed by atoms with van der Waals surface area (Å²) in [5.74, 6) is 2.75. The van der Waals surface area contributed by atoms with E-state index in [1.807, 2.05) is 12.3 Å². The number of hydrogen-bond donors (Lipinski definition) is 1. The Balaban J connectivity index is 1.86. The Hall–Kier alpha value is -0.610. The molecule has 0 bridgehead atoms. The predicted molar refractivity (Wildman–Crippen MR) is 68.7 cm³/mol. The number of nitrogens with zero attached hydrogens (tertiary/aromatic N) is 2. The molecule has 2 atom stereocenters. The summed E-state index contributed by atoms with van der Waals surface area (Å²) in [6.45, 7) is 6.75. The molecule has 0 spiro atoms. The van der Waals surface area contributed by atoms with Crippen molar-refractivity contribution in [2.75, 3.05) is 31.1 Å². The normalized spacial score (nSPS) is 28.5. The Morgan fingerprint density at radius 3 is 2.75 bits per heavy atom. The second kappa shape index (κ2) is 4.00. The molecule has 0 unspecified atom stereocenters. The highest BCUT2D eigenvalue weighted by atomic mass is 79.9. The van der Waals surface area contributed by atoms with Crippen LogP contribution >= 0.6 is 15.9 Å². The minimum Gasteiger partial charge on any atom is -0.355 e. The van der Waals surface area contributed by atoms with Gasteiger partial charge in [-0.3, -0.25) is 0 Å². The lowest BCUT2D eigenvalue weighted by molar-refractivity contribution is 0.533. The van der Waals surface area contributed by atoms with Crippen molar-refractivity contribution < 1.29 is 0 Å². The first-order valence-electron chi connectivity index (χ1n) is 5.82. The van der Waals surface area contributed by atoms with E-state index in [0.717, 1.165) is 35.2 Å². The molecule has 3 nitrogen and oxygen atoms in total. The highest BCUT2D eigenvalue weighted by molar-refractivity contribution is 9.10.